The zero-order valence-corrected chi connectivity index (χ0v) is 11.7. The van der Waals surface area contributed by atoms with Crippen molar-refractivity contribution in [1.82, 2.24) is 14.9 Å². The Balaban J connectivity index is 2.03. The molecule has 1 aromatic carbocycles. The highest BCUT2D eigenvalue weighted by atomic mass is 16.5. The fourth-order valence-electron chi connectivity index (χ4n) is 2.98. The molecule has 2 aromatic rings. The maximum atomic E-state index is 9.34. The minimum absolute atomic E-state index is 0.118. The number of aliphatic hydroxyl groups excluding tert-OH is 1. The van der Waals surface area contributed by atoms with Crippen LogP contribution >= 0.6 is 0 Å². The lowest BCUT2D eigenvalue weighted by atomic mass is 10.0. The van der Waals surface area contributed by atoms with Crippen molar-refractivity contribution >= 4 is 11.0 Å². The Morgan fingerprint density at radius 2 is 2.25 bits per heavy atom. The fraction of sp³-hybridized carbons (Fsp3) is 0.533. The predicted molar refractivity (Wildman–Crippen MR) is 77.8 cm³/mol. The van der Waals surface area contributed by atoms with Gasteiger partial charge in [-0.1, -0.05) is 19.1 Å². The van der Waals surface area contributed by atoms with Crippen molar-refractivity contribution in [3.8, 4) is 0 Å². The van der Waals surface area contributed by atoms with Gasteiger partial charge in [0.2, 0.25) is 0 Å². The van der Waals surface area contributed by atoms with Crippen LogP contribution in [0.5, 0.6) is 0 Å². The molecule has 20 heavy (non-hydrogen) atoms. The van der Waals surface area contributed by atoms with Crippen LogP contribution in [0.15, 0.2) is 24.3 Å². The number of aliphatic hydroxyl groups is 1. The highest BCUT2D eigenvalue weighted by Crippen LogP contribution is 2.28. The second kappa shape index (κ2) is 5.91. The summed E-state index contributed by atoms with van der Waals surface area (Å²) in [5.41, 5.74) is 2.07. The number of ether oxygens (including phenoxy) is 1. The Bertz CT molecular complexity index is 582. The number of imidazole rings is 1. The molecular weight excluding hydrogens is 254 g/mol. The molecule has 108 valence electrons. The number of hydrogen-bond donors (Lipinski definition) is 2. The zero-order chi connectivity index (χ0) is 13.9. The van der Waals surface area contributed by atoms with Gasteiger partial charge in [0.25, 0.3) is 0 Å². The van der Waals surface area contributed by atoms with Crippen LogP contribution in [0, 0.1) is 0 Å². The third-order valence-electron chi connectivity index (χ3n) is 3.89. The first-order chi connectivity index (χ1) is 9.85. The highest BCUT2D eigenvalue weighted by molar-refractivity contribution is 5.76. The third kappa shape index (κ3) is 2.32. The maximum Gasteiger partial charge on any atom is 0.117 e. The zero-order valence-electron chi connectivity index (χ0n) is 11.7. The van der Waals surface area contributed by atoms with Gasteiger partial charge in [0, 0.05) is 12.6 Å². The van der Waals surface area contributed by atoms with Crippen molar-refractivity contribution in [3.05, 3.63) is 30.1 Å². The molecule has 2 N–H and O–H groups in total. The van der Waals surface area contributed by atoms with Gasteiger partial charge in [0.15, 0.2) is 0 Å². The normalized spacial score (nSPS) is 22.7. The van der Waals surface area contributed by atoms with Crippen molar-refractivity contribution < 1.29 is 9.84 Å². The molecule has 0 saturated carbocycles. The third-order valence-corrected chi connectivity index (χ3v) is 3.89. The molecule has 5 nitrogen and oxygen atoms in total. The van der Waals surface area contributed by atoms with E-state index in [2.05, 4.69) is 22.9 Å². The molecule has 0 amide bonds. The Hall–Kier alpha value is -1.43. The molecule has 0 spiro atoms. The highest BCUT2D eigenvalue weighted by Gasteiger charge is 2.32. The van der Waals surface area contributed by atoms with E-state index >= 15 is 0 Å². The number of aromatic nitrogens is 2. The van der Waals surface area contributed by atoms with Gasteiger partial charge in [-0.15, -0.1) is 0 Å². The smallest absolute Gasteiger partial charge is 0.117 e. The average molecular weight is 275 g/mol. The molecule has 1 saturated heterocycles. The molecule has 0 aliphatic carbocycles. The van der Waals surface area contributed by atoms with Gasteiger partial charge >= 0.3 is 0 Å². The van der Waals surface area contributed by atoms with Crippen LogP contribution in [-0.4, -0.2) is 47.1 Å². The quantitative estimate of drug-likeness (QED) is 0.858. The summed E-state index contributed by atoms with van der Waals surface area (Å²) in [5, 5.41) is 12.8. The average Bonchev–Trinajstić information content (AvgIpc) is 3.05. The van der Waals surface area contributed by atoms with Crippen molar-refractivity contribution in [1.29, 1.82) is 0 Å². The van der Waals surface area contributed by atoms with Crippen LogP contribution in [0.4, 0.5) is 0 Å². The van der Waals surface area contributed by atoms with Gasteiger partial charge in [-0.05, 0) is 18.7 Å². The van der Waals surface area contributed by atoms with Crippen LogP contribution < -0.4 is 5.32 Å². The summed E-state index contributed by atoms with van der Waals surface area (Å²) < 4.78 is 7.75. The molecule has 1 aliphatic heterocycles. The Morgan fingerprint density at radius 1 is 1.40 bits per heavy atom. The number of nitrogens with zero attached hydrogens (tertiary/aromatic N) is 2. The van der Waals surface area contributed by atoms with Gasteiger partial charge in [-0.2, -0.15) is 0 Å². The van der Waals surface area contributed by atoms with E-state index in [0.29, 0.717) is 19.2 Å². The molecule has 0 radical (unpaired) electrons. The van der Waals surface area contributed by atoms with E-state index in [9.17, 15) is 5.11 Å². The van der Waals surface area contributed by atoms with E-state index in [1.807, 2.05) is 18.2 Å². The number of hydrogen-bond acceptors (Lipinski definition) is 4. The van der Waals surface area contributed by atoms with Crippen LogP contribution in [0.25, 0.3) is 11.0 Å². The van der Waals surface area contributed by atoms with Gasteiger partial charge < -0.3 is 19.7 Å². The molecule has 2 atom stereocenters. The standard InChI is InChI=1S/C15H21N3O2/c1-2-16-13-10-20-9-11(13)15-17-12-5-3-4-6-14(12)18(15)7-8-19/h3-6,11,13,16,19H,2,7-10H2,1H3. The van der Waals surface area contributed by atoms with Gasteiger partial charge in [0.05, 0.1) is 36.8 Å². The lowest BCUT2D eigenvalue weighted by molar-refractivity contribution is 0.187. The van der Waals surface area contributed by atoms with Crippen LogP contribution in [-0.2, 0) is 11.3 Å². The van der Waals surface area contributed by atoms with Crippen LogP contribution in [0.1, 0.15) is 18.7 Å². The van der Waals surface area contributed by atoms with Crippen LogP contribution in [0.2, 0.25) is 0 Å². The van der Waals surface area contributed by atoms with Crippen molar-refractivity contribution in [2.24, 2.45) is 0 Å². The number of para-hydroxylation sites is 2. The first-order valence-corrected chi connectivity index (χ1v) is 7.22. The van der Waals surface area contributed by atoms with Gasteiger partial charge in [-0.25, -0.2) is 4.98 Å². The van der Waals surface area contributed by atoms with Crippen molar-refractivity contribution in [2.45, 2.75) is 25.4 Å². The van der Waals surface area contributed by atoms with Gasteiger partial charge in [0.1, 0.15) is 5.82 Å². The summed E-state index contributed by atoms with van der Waals surface area (Å²) in [5.74, 6) is 1.26. The monoisotopic (exact) mass is 275 g/mol. The summed E-state index contributed by atoms with van der Waals surface area (Å²) in [4.78, 5) is 4.78. The molecule has 2 unspecified atom stereocenters. The summed E-state index contributed by atoms with van der Waals surface area (Å²) in [6.07, 6.45) is 0. The fourth-order valence-corrected chi connectivity index (χ4v) is 2.98. The maximum absolute atomic E-state index is 9.34. The van der Waals surface area contributed by atoms with Crippen molar-refractivity contribution in [2.75, 3.05) is 26.4 Å². The molecular formula is C15H21N3O2. The lowest BCUT2D eigenvalue weighted by Crippen LogP contribution is -2.35. The van der Waals surface area contributed by atoms with E-state index in [0.717, 1.165) is 30.0 Å². The van der Waals surface area contributed by atoms with Crippen molar-refractivity contribution in [3.63, 3.8) is 0 Å². The van der Waals surface area contributed by atoms with Gasteiger partial charge in [-0.3, -0.25) is 0 Å². The number of benzene rings is 1. The molecule has 5 heteroatoms. The van der Waals surface area contributed by atoms with E-state index in [4.69, 9.17) is 9.72 Å². The Labute approximate surface area is 118 Å². The molecule has 1 aliphatic rings. The van der Waals surface area contributed by atoms with E-state index in [1.165, 1.54) is 0 Å². The van der Waals surface area contributed by atoms with E-state index < -0.39 is 0 Å². The summed E-state index contributed by atoms with van der Waals surface area (Å²) in [6, 6.07) is 8.38. The molecule has 2 heterocycles. The second-order valence-electron chi connectivity index (χ2n) is 5.14. The predicted octanol–water partition coefficient (Wildman–Crippen LogP) is 1.12. The number of rotatable bonds is 5. The summed E-state index contributed by atoms with van der Waals surface area (Å²) in [6.45, 7) is 5.13. The number of fused-ring (bicyclic) bond motifs is 1. The molecule has 0 bridgehead atoms. The lowest BCUT2D eigenvalue weighted by Gasteiger charge is -2.19. The topological polar surface area (TPSA) is 59.3 Å². The minimum Gasteiger partial charge on any atom is -0.395 e. The summed E-state index contributed by atoms with van der Waals surface area (Å²) >= 11 is 0. The first-order valence-electron chi connectivity index (χ1n) is 7.22. The minimum atomic E-state index is 0.118. The number of nitrogens with one attached hydrogen (secondary N) is 1. The van der Waals surface area contributed by atoms with Crippen LogP contribution in [0.3, 0.4) is 0 Å². The summed E-state index contributed by atoms with van der Waals surface area (Å²) in [7, 11) is 0. The van der Waals surface area contributed by atoms with E-state index in [1.54, 1.807) is 0 Å². The first kappa shape index (κ1) is 13.5. The SMILES string of the molecule is CCNC1COCC1c1nc2ccccc2n1CCO. The largest absolute Gasteiger partial charge is 0.395 e. The van der Waals surface area contributed by atoms with E-state index in [-0.39, 0.29) is 12.5 Å². The number of likely N-dealkylation sites (N-methyl/N-ethyl adjacent to an activating group) is 1. The Kier molecular flexibility index (Phi) is 4.00. The molecule has 1 fully saturated rings. The Morgan fingerprint density at radius 3 is 3.05 bits per heavy atom. The molecule has 3 rings (SSSR count). The molecule has 1 aromatic heterocycles. The second-order valence-corrected chi connectivity index (χ2v) is 5.14.